The lowest BCUT2D eigenvalue weighted by atomic mass is 9.96. The first-order valence-electron chi connectivity index (χ1n) is 7.15. The highest BCUT2D eigenvalue weighted by molar-refractivity contribution is 7.07. The third-order valence-electron chi connectivity index (χ3n) is 3.39. The molecule has 108 valence electrons. The number of hydrogen-bond acceptors (Lipinski definition) is 3. The summed E-state index contributed by atoms with van der Waals surface area (Å²) in [6.45, 7) is 5.04. The third kappa shape index (κ3) is 4.44. The number of rotatable bonds is 7. The number of nitrogens with one attached hydrogen (secondary N) is 1. The number of aliphatic hydroxyl groups excluding tert-OH is 1. The van der Waals surface area contributed by atoms with Gasteiger partial charge in [-0.15, -0.1) is 0 Å². The van der Waals surface area contributed by atoms with E-state index in [0.29, 0.717) is 18.5 Å². The Morgan fingerprint density at radius 2 is 1.85 bits per heavy atom. The number of aliphatic hydroxyl groups is 1. The highest BCUT2D eigenvalue weighted by Gasteiger charge is 2.15. The Morgan fingerprint density at radius 3 is 2.45 bits per heavy atom. The maximum absolute atomic E-state index is 10.2. The van der Waals surface area contributed by atoms with Gasteiger partial charge in [-0.25, -0.2) is 0 Å². The Morgan fingerprint density at radius 1 is 1.10 bits per heavy atom. The van der Waals surface area contributed by atoms with Gasteiger partial charge in [0, 0.05) is 12.6 Å². The van der Waals surface area contributed by atoms with Gasteiger partial charge in [0.15, 0.2) is 0 Å². The van der Waals surface area contributed by atoms with Crippen molar-refractivity contribution in [2.75, 3.05) is 6.54 Å². The van der Waals surface area contributed by atoms with Crippen molar-refractivity contribution in [3.63, 3.8) is 0 Å². The van der Waals surface area contributed by atoms with Gasteiger partial charge < -0.3 is 10.4 Å². The molecular weight excluding hydrogens is 266 g/mol. The van der Waals surface area contributed by atoms with Crippen LogP contribution in [0.15, 0.2) is 47.2 Å². The Hall–Kier alpha value is -1.16. The highest BCUT2D eigenvalue weighted by atomic mass is 32.1. The largest absolute Gasteiger partial charge is 0.387 e. The van der Waals surface area contributed by atoms with E-state index in [9.17, 15) is 5.11 Å². The van der Waals surface area contributed by atoms with E-state index in [1.165, 1.54) is 5.56 Å². The Labute approximate surface area is 125 Å². The lowest BCUT2D eigenvalue weighted by molar-refractivity contribution is 0.168. The number of hydrogen-bond donors (Lipinski definition) is 2. The first-order chi connectivity index (χ1) is 9.66. The van der Waals surface area contributed by atoms with Crippen LogP contribution in [0.3, 0.4) is 0 Å². The first-order valence-corrected chi connectivity index (χ1v) is 8.09. The number of thiophene rings is 1. The zero-order valence-electron chi connectivity index (χ0n) is 12.1. The van der Waals surface area contributed by atoms with E-state index in [1.807, 2.05) is 22.9 Å². The minimum Gasteiger partial charge on any atom is -0.387 e. The van der Waals surface area contributed by atoms with Crippen LogP contribution in [0.4, 0.5) is 0 Å². The van der Waals surface area contributed by atoms with Crippen molar-refractivity contribution < 1.29 is 5.11 Å². The molecule has 20 heavy (non-hydrogen) atoms. The second-order valence-corrected chi connectivity index (χ2v) is 6.35. The third-order valence-corrected chi connectivity index (χ3v) is 4.10. The molecule has 2 N–H and O–H groups in total. The standard InChI is InChI=1S/C17H23NOS/c1-13(2)10-16(14-6-4-3-5-7-14)18-11-17(19)15-8-9-20-12-15/h3-9,12-13,16-19H,10-11H2,1-2H3. The summed E-state index contributed by atoms with van der Waals surface area (Å²) in [7, 11) is 0. The normalized spacial score (nSPS) is 14.4. The van der Waals surface area contributed by atoms with Crippen molar-refractivity contribution >= 4 is 11.3 Å². The molecule has 0 aliphatic rings. The molecule has 0 aliphatic carbocycles. The second-order valence-electron chi connectivity index (χ2n) is 5.57. The smallest absolute Gasteiger partial charge is 0.0922 e. The van der Waals surface area contributed by atoms with Gasteiger partial charge in [-0.2, -0.15) is 11.3 Å². The topological polar surface area (TPSA) is 32.3 Å². The van der Waals surface area contributed by atoms with Crippen molar-refractivity contribution in [3.05, 3.63) is 58.3 Å². The van der Waals surface area contributed by atoms with Crippen molar-refractivity contribution in [2.24, 2.45) is 5.92 Å². The Bertz CT molecular complexity index is 481. The average Bonchev–Trinajstić information content (AvgIpc) is 2.98. The van der Waals surface area contributed by atoms with Crippen molar-refractivity contribution in [3.8, 4) is 0 Å². The molecule has 2 atom stereocenters. The lowest BCUT2D eigenvalue weighted by Crippen LogP contribution is -2.27. The first kappa shape index (κ1) is 15.2. The molecule has 1 heterocycles. The van der Waals surface area contributed by atoms with Crippen LogP contribution >= 0.6 is 11.3 Å². The zero-order chi connectivity index (χ0) is 14.4. The van der Waals surface area contributed by atoms with Gasteiger partial charge in [0.25, 0.3) is 0 Å². The van der Waals surface area contributed by atoms with Gasteiger partial charge in [0.05, 0.1) is 6.10 Å². The summed E-state index contributed by atoms with van der Waals surface area (Å²) in [4.78, 5) is 0. The maximum Gasteiger partial charge on any atom is 0.0922 e. The van der Waals surface area contributed by atoms with E-state index in [0.717, 1.165) is 12.0 Å². The molecule has 0 saturated carbocycles. The molecular formula is C17H23NOS. The van der Waals surface area contributed by atoms with Crippen LogP contribution in [0.5, 0.6) is 0 Å². The molecule has 2 aromatic rings. The predicted molar refractivity (Wildman–Crippen MR) is 85.9 cm³/mol. The minimum atomic E-state index is -0.431. The fourth-order valence-corrected chi connectivity index (χ4v) is 3.04. The summed E-state index contributed by atoms with van der Waals surface area (Å²) in [5.41, 5.74) is 2.29. The molecule has 3 heteroatoms. The second kappa shape index (κ2) is 7.58. The molecule has 0 saturated heterocycles. The van der Waals surface area contributed by atoms with E-state index in [4.69, 9.17) is 0 Å². The average molecular weight is 289 g/mol. The Kier molecular flexibility index (Phi) is 5.77. The van der Waals surface area contributed by atoms with Crippen LogP contribution in [-0.2, 0) is 0 Å². The molecule has 0 fully saturated rings. The molecule has 0 bridgehead atoms. The van der Waals surface area contributed by atoms with Crippen LogP contribution < -0.4 is 5.32 Å². The highest BCUT2D eigenvalue weighted by Crippen LogP contribution is 2.22. The molecule has 0 radical (unpaired) electrons. The summed E-state index contributed by atoms with van der Waals surface area (Å²) in [5, 5.41) is 17.7. The minimum absolute atomic E-state index is 0.296. The zero-order valence-corrected chi connectivity index (χ0v) is 12.9. The Balaban J connectivity index is 1.98. The molecule has 0 amide bonds. The number of benzene rings is 1. The maximum atomic E-state index is 10.2. The summed E-state index contributed by atoms with van der Waals surface area (Å²) in [6, 6.07) is 12.8. The van der Waals surface area contributed by atoms with Gasteiger partial charge in [0.1, 0.15) is 0 Å². The van der Waals surface area contributed by atoms with Gasteiger partial charge >= 0.3 is 0 Å². The van der Waals surface area contributed by atoms with Crippen LogP contribution in [0.1, 0.15) is 43.5 Å². The van der Waals surface area contributed by atoms with Crippen LogP contribution in [0, 0.1) is 5.92 Å². The van der Waals surface area contributed by atoms with Crippen molar-refractivity contribution in [1.29, 1.82) is 0 Å². The molecule has 1 aromatic heterocycles. The van der Waals surface area contributed by atoms with Crippen molar-refractivity contribution in [2.45, 2.75) is 32.4 Å². The van der Waals surface area contributed by atoms with Gasteiger partial charge in [-0.1, -0.05) is 44.2 Å². The predicted octanol–water partition coefficient (Wildman–Crippen LogP) is 4.16. The molecule has 1 aromatic carbocycles. The van der Waals surface area contributed by atoms with Crippen LogP contribution in [-0.4, -0.2) is 11.7 Å². The van der Waals surface area contributed by atoms with Crippen LogP contribution in [0.2, 0.25) is 0 Å². The lowest BCUT2D eigenvalue weighted by Gasteiger charge is -2.22. The molecule has 2 nitrogen and oxygen atoms in total. The van der Waals surface area contributed by atoms with Gasteiger partial charge in [-0.05, 0) is 40.3 Å². The van der Waals surface area contributed by atoms with E-state index >= 15 is 0 Å². The molecule has 2 unspecified atom stereocenters. The molecule has 0 aliphatic heterocycles. The van der Waals surface area contributed by atoms with Crippen LogP contribution in [0.25, 0.3) is 0 Å². The molecule has 2 rings (SSSR count). The summed E-state index contributed by atoms with van der Waals surface area (Å²) < 4.78 is 0. The SMILES string of the molecule is CC(C)CC(NCC(O)c1ccsc1)c1ccccc1. The summed E-state index contributed by atoms with van der Waals surface area (Å²) in [6.07, 6.45) is 0.639. The molecule has 0 spiro atoms. The van der Waals surface area contributed by atoms with E-state index in [2.05, 4.69) is 43.4 Å². The summed E-state index contributed by atoms with van der Waals surface area (Å²) in [5.74, 6) is 0.617. The quantitative estimate of drug-likeness (QED) is 0.802. The fraction of sp³-hybridized carbons (Fsp3) is 0.412. The van der Waals surface area contributed by atoms with E-state index in [-0.39, 0.29) is 0 Å². The van der Waals surface area contributed by atoms with Crippen molar-refractivity contribution in [1.82, 2.24) is 5.32 Å². The van der Waals surface area contributed by atoms with E-state index < -0.39 is 6.10 Å². The van der Waals surface area contributed by atoms with E-state index in [1.54, 1.807) is 11.3 Å². The van der Waals surface area contributed by atoms with Gasteiger partial charge in [0.2, 0.25) is 0 Å². The monoisotopic (exact) mass is 289 g/mol. The van der Waals surface area contributed by atoms with Gasteiger partial charge in [-0.3, -0.25) is 0 Å². The fourth-order valence-electron chi connectivity index (χ4n) is 2.33. The summed E-state index contributed by atoms with van der Waals surface area (Å²) >= 11 is 1.62.